The fourth-order valence-electron chi connectivity index (χ4n) is 4.51. The summed E-state index contributed by atoms with van der Waals surface area (Å²) in [6, 6.07) is 9.96. The normalized spacial score (nSPS) is 16.7. The molecule has 9 nitrogen and oxygen atoms in total. The van der Waals surface area contributed by atoms with E-state index in [2.05, 4.69) is 39.3 Å². The Morgan fingerprint density at radius 3 is 2.52 bits per heavy atom. The smallest absolute Gasteiger partial charge is 0.306 e. The van der Waals surface area contributed by atoms with E-state index in [4.69, 9.17) is 8.92 Å². The van der Waals surface area contributed by atoms with Crippen LogP contribution in [0.3, 0.4) is 0 Å². The Hall–Kier alpha value is -3.24. The highest BCUT2D eigenvalue weighted by atomic mass is 32.2. The third-order valence-electron chi connectivity index (χ3n) is 6.21. The summed E-state index contributed by atoms with van der Waals surface area (Å²) < 4.78 is 34.2. The molecule has 1 aromatic heterocycles. The SMILES string of the molecule is COc1cc(-c2cc3cc(N4CCN(C)CC4)ccc3[nH]2)c2c(c1OS(C)(=O)=O)CNC2=O. The van der Waals surface area contributed by atoms with E-state index >= 15 is 0 Å². The van der Waals surface area contributed by atoms with Crippen molar-refractivity contribution in [1.29, 1.82) is 0 Å². The van der Waals surface area contributed by atoms with Crippen molar-refractivity contribution in [2.45, 2.75) is 6.54 Å². The molecule has 1 saturated heterocycles. The van der Waals surface area contributed by atoms with Crippen LogP contribution in [0, 0.1) is 0 Å². The van der Waals surface area contributed by atoms with Crippen molar-refractivity contribution >= 4 is 32.6 Å². The number of aromatic nitrogens is 1. The Bertz CT molecular complexity index is 1360. The second-order valence-electron chi connectivity index (χ2n) is 8.52. The average Bonchev–Trinajstić information content (AvgIpc) is 3.37. The second-order valence-corrected chi connectivity index (χ2v) is 10.1. The van der Waals surface area contributed by atoms with Gasteiger partial charge in [-0.3, -0.25) is 4.79 Å². The number of carbonyl (C=O) groups excluding carboxylic acids is 1. The Labute approximate surface area is 192 Å². The molecule has 33 heavy (non-hydrogen) atoms. The zero-order valence-electron chi connectivity index (χ0n) is 18.8. The molecule has 2 N–H and O–H groups in total. The van der Waals surface area contributed by atoms with Gasteiger partial charge in [-0.1, -0.05) is 0 Å². The van der Waals surface area contributed by atoms with Crippen molar-refractivity contribution in [2.75, 3.05) is 51.5 Å². The molecule has 2 aromatic carbocycles. The molecule has 0 spiro atoms. The molecule has 5 rings (SSSR count). The van der Waals surface area contributed by atoms with Crippen LogP contribution < -0.4 is 19.1 Å². The molecule has 174 valence electrons. The van der Waals surface area contributed by atoms with Gasteiger partial charge in [0.05, 0.1) is 18.9 Å². The number of ether oxygens (including phenoxy) is 1. The maximum Gasteiger partial charge on any atom is 0.306 e. The van der Waals surface area contributed by atoms with E-state index in [1.807, 2.05) is 12.1 Å². The van der Waals surface area contributed by atoms with E-state index in [1.165, 1.54) is 12.8 Å². The van der Waals surface area contributed by atoms with Crippen LogP contribution in [0.1, 0.15) is 15.9 Å². The Balaban J connectivity index is 1.59. The number of amides is 1. The van der Waals surface area contributed by atoms with Gasteiger partial charge in [0, 0.05) is 66.1 Å². The van der Waals surface area contributed by atoms with Crippen molar-refractivity contribution in [2.24, 2.45) is 0 Å². The maximum absolute atomic E-state index is 12.7. The fraction of sp³-hybridized carbons (Fsp3) is 0.348. The number of nitrogens with zero attached hydrogens (tertiary/aromatic N) is 2. The van der Waals surface area contributed by atoms with Crippen LogP contribution in [0.5, 0.6) is 11.5 Å². The van der Waals surface area contributed by atoms with Crippen LogP contribution in [-0.4, -0.2) is 70.8 Å². The highest BCUT2D eigenvalue weighted by Gasteiger charge is 2.32. The van der Waals surface area contributed by atoms with Crippen molar-refractivity contribution in [3.8, 4) is 22.8 Å². The van der Waals surface area contributed by atoms with Crippen molar-refractivity contribution < 1.29 is 22.1 Å². The van der Waals surface area contributed by atoms with Crippen LogP contribution in [-0.2, 0) is 16.7 Å². The molecule has 0 unspecified atom stereocenters. The summed E-state index contributed by atoms with van der Waals surface area (Å²) >= 11 is 0. The first-order chi connectivity index (χ1) is 15.7. The molecule has 0 aliphatic carbocycles. The van der Waals surface area contributed by atoms with E-state index in [1.54, 1.807) is 6.07 Å². The van der Waals surface area contributed by atoms with Gasteiger partial charge in [-0.15, -0.1) is 0 Å². The van der Waals surface area contributed by atoms with Crippen LogP contribution in [0.4, 0.5) is 5.69 Å². The van der Waals surface area contributed by atoms with Crippen LogP contribution in [0.25, 0.3) is 22.2 Å². The minimum atomic E-state index is -3.80. The minimum Gasteiger partial charge on any atom is -0.493 e. The van der Waals surface area contributed by atoms with E-state index in [0.717, 1.165) is 49.0 Å². The topological polar surface area (TPSA) is 104 Å². The number of hydrogen-bond acceptors (Lipinski definition) is 7. The third-order valence-corrected chi connectivity index (χ3v) is 6.68. The summed E-state index contributed by atoms with van der Waals surface area (Å²) in [6.07, 6.45) is 0.965. The van der Waals surface area contributed by atoms with Crippen LogP contribution >= 0.6 is 0 Å². The minimum absolute atomic E-state index is 0.0468. The van der Waals surface area contributed by atoms with Gasteiger partial charge >= 0.3 is 10.1 Å². The maximum atomic E-state index is 12.7. The molecule has 0 bridgehead atoms. The Morgan fingerprint density at radius 1 is 1.06 bits per heavy atom. The van der Waals surface area contributed by atoms with E-state index < -0.39 is 10.1 Å². The number of piperazine rings is 1. The van der Waals surface area contributed by atoms with E-state index in [0.29, 0.717) is 16.7 Å². The first-order valence-electron chi connectivity index (χ1n) is 10.7. The lowest BCUT2D eigenvalue weighted by Crippen LogP contribution is -2.44. The third kappa shape index (κ3) is 4.00. The van der Waals surface area contributed by atoms with E-state index in [-0.39, 0.29) is 24.0 Å². The lowest BCUT2D eigenvalue weighted by molar-refractivity contribution is 0.0966. The molecular formula is C23H26N4O5S. The fourth-order valence-corrected chi connectivity index (χ4v) is 5.00. The van der Waals surface area contributed by atoms with Gasteiger partial charge in [-0.2, -0.15) is 8.42 Å². The zero-order chi connectivity index (χ0) is 23.3. The number of nitrogens with one attached hydrogen (secondary N) is 2. The lowest BCUT2D eigenvalue weighted by atomic mass is 9.98. The Morgan fingerprint density at radius 2 is 1.82 bits per heavy atom. The van der Waals surface area contributed by atoms with Crippen molar-refractivity contribution in [3.05, 3.63) is 41.5 Å². The number of hydrogen-bond donors (Lipinski definition) is 2. The molecule has 1 amide bonds. The van der Waals surface area contributed by atoms with Gasteiger partial charge in [-0.05, 0) is 37.4 Å². The molecule has 0 atom stereocenters. The number of likely N-dealkylation sites (N-methyl/N-ethyl adjacent to an activating group) is 1. The number of anilines is 1. The van der Waals surface area contributed by atoms with Crippen molar-refractivity contribution in [3.63, 3.8) is 0 Å². The first kappa shape index (κ1) is 21.6. The highest BCUT2D eigenvalue weighted by Crippen LogP contribution is 2.43. The van der Waals surface area contributed by atoms with Gasteiger partial charge in [0.25, 0.3) is 5.91 Å². The molecule has 1 fully saturated rings. The van der Waals surface area contributed by atoms with Crippen molar-refractivity contribution in [1.82, 2.24) is 15.2 Å². The van der Waals surface area contributed by atoms with Gasteiger partial charge < -0.3 is 29.0 Å². The quantitative estimate of drug-likeness (QED) is 0.551. The molecule has 2 aliphatic heterocycles. The molecule has 0 saturated carbocycles. The van der Waals surface area contributed by atoms with Crippen LogP contribution in [0.2, 0.25) is 0 Å². The largest absolute Gasteiger partial charge is 0.493 e. The summed E-state index contributed by atoms with van der Waals surface area (Å²) in [4.78, 5) is 20.8. The molecule has 3 heterocycles. The predicted octanol–water partition coefficient (Wildman–Crippen LogP) is 2.18. The molecule has 2 aliphatic rings. The summed E-state index contributed by atoms with van der Waals surface area (Å²) in [6.45, 7) is 4.17. The lowest BCUT2D eigenvalue weighted by Gasteiger charge is -2.34. The molecular weight excluding hydrogens is 444 g/mol. The van der Waals surface area contributed by atoms with Gasteiger partial charge in [0.15, 0.2) is 11.5 Å². The molecule has 0 radical (unpaired) electrons. The number of benzene rings is 2. The van der Waals surface area contributed by atoms with Gasteiger partial charge in [0.1, 0.15) is 0 Å². The number of H-pyrrole nitrogens is 1. The van der Waals surface area contributed by atoms with Gasteiger partial charge in [0.2, 0.25) is 0 Å². The van der Waals surface area contributed by atoms with Crippen LogP contribution in [0.15, 0.2) is 30.3 Å². The number of fused-ring (bicyclic) bond motifs is 2. The number of methoxy groups -OCH3 is 1. The summed E-state index contributed by atoms with van der Waals surface area (Å²) in [5.74, 6) is 0.0193. The summed E-state index contributed by atoms with van der Waals surface area (Å²) in [5, 5.41) is 3.80. The number of carbonyl (C=O) groups is 1. The standard InChI is InChI=1S/C23H26N4O5S/c1-26-6-8-27(9-7-26)15-4-5-18-14(10-15)11-19(25-18)16-12-20(31-2)22(32-33(3,29)30)17-13-24-23(28)21(16)17/h4-5,10-12,25H,6-9,13H2,1-3H3,(H,24,28). The monoisotopic (exact) mass is 470 g/mol. The molecule has 10 heteroatoms. The second kappa shape index (κ2) is 7.96. The average molecular weight is 471 g/mol. The number of rotatable bonds is 5. The highest BCUT2D eigenvalue weighted by molar-refractivity contribution is 7.86. The first-order valence-corrected chi connectivity index (χ1v) is 12.5. The van der Waals surface area contributed by atoms with E-state index in [9.17, 15) is 13.2 Å². The zero-order valence-corrected chi connectivity index (χ0v) is 19.6. The Kier molecular flexibility index (Phi) is 5.21. The molecule has 3 aromatic rings. The number of aromatic amines is 1. The van der Waals surface area contributed by atoms with Gasteiger partial charge in [-0.25, -0.2) is 0 Å². The predicted molar refractivity (Wildman–Crippen MR) is 127 cm³/mol. The summed E-state index contributed by atoms with van der Waals surface area (Å²) in [7, 11) is -0.225. The summed E-state index contributed by atoms with van der Waals surface area (Å²) in [5.41, 5.74) is 4.36.